The molecule has 9 nitrogen and oxygen atoms in total. The van der Waals surface area contributed by atoms with Crippen molar-refractivity contribution < 1.29 is 28.7 Å². The molecule has 42 heavy (non-hydrogen) atoms. The highest BCUT2D eigenvalue weighted by Gasteiger charge is 2.46. The fourth-order valence-corrected chi connectivity index (χ4v) is 5.49. The van der Waals surface area contributed by atoms with Crippen LogP contribution in [0, 0.1) is 17.8 Å². The number of amides is 3. The number of ether oxygens (including phenoxy) is 1. The molecule has 0 aromatic heterocycles. The average molecular weight is 602 g/mol. The molecule has 0 bridgehead atoms. The third-order valence-corrected chi connectivity index (χ3v) is 12.7. The van der Waals surface area contributed by atoms with Gasteiger partial charge in [0.25, 0.3) is 0 Å². The third-order valence-electron chi connectivity index (χ3n) is 8.16. The van der Waals surface area contributed by atoms with Gasteiger partial charge in [0, 0.05) is 31.7 Å². The SMILES string of the molecule is C#Cc1ccc(CNC(=O)[C@@H]2C[C@@H](O)CN2C(=O)[C@@H](NC(=O)OC(C)(C)C)C(C)(C)CCO[Si](C)(C)C(C)(C)C)cc1. The van der Waals surface area contributed by atoms with Gasteiger partial charge in [-0.05, 0) is 68.4 Å². The Balaban J connectivity index is 2.26. The van der Waals surface area contributed by atoms with Crippen LogP contribution in [-0.4, -0.2) is 73.2 Å². The lowest BCUT2D eigenvalue weighted by molar-refractivity contribution is -0.142. The lowest BCUT2D eigenvalue weighted by Crippen LogP contribution is -2.59. The van der Waals surface area contributed by atoms with Crippen LogP contribution in [0.1, 0.15) is 79.4 Å². The molecule has 0 unspecified atom stereocenters. The van der Waals surface area contributed by atoms with Crippen molar-refractivity contribution in [2.24, 2.45) is 5.41 Å². The number of hydrogen-bond acceptors (Lipinski definition) is 6. The van der Waals surface area contributed by atoms with Crippen molar-refractivity contribution in [1.29, 1.82) is 0 Å². The van der Waals surface area contributed by atoms with Crippen molar-refractivity contribution in [3.8, 4) is 12.3 Å². The number of aliphatic hydroxyl groups is 1. The fourth-order valence-electron chi connectivity index (χ4n) is 4.44. The summed E-state index contributed by atoms with van der Waals surface area (Å²) >= 11 is 0. The van der Waals surface area contributed by atoms with Crippen molar-refractivity contribution in [2.75, 3.05) is 13.2 Å². The monoisotopic (exact) mass is 601 g/mol. The van der Waals surface area contributed by atoms with Gasteiger partial charge < -0.3 is 29.8 Å². The second-order valence-electron chi connectivity index (χ2n) is 14.4. The maximum Gasteiger partial charge on any atom is 0.408 e. The van der Waals surface area contributed by atoms with Gasteiger partial charge in [-0.3, -0.25) is 9.59 Å². The summed E-state index contributed by atoms with van der Waals surface area (Å²) < 4.78 is 11.9. The number of carbonyl (C=O) groups is 3. The molecule has 1 heterocycles. The molecule has 3 atom stereocenters. The number of aliphatic hydroxyl groups excluding tert-OH is 1. The molecule has 1 aromatic carbocycles. The Morgan fingerprint density at radius 2 is 1.69 bits per heavy atom. The smallest absolute Gasteiger partial charge is 0.408 e. The van der Waals surface area contributed by atoms with Gasteiger partial charge in [-0.25, -0.2) is 4.79 Å². The van der Waals surface area contributed by atoms with Crippen molar-refractivity contribution in [1.82, 2.24) is 15.5 Å². The van der Waals surface area contributed by atoms with E-state index < -0.39 is 49.5 Å². The predicted octanol–water partition coefficient (Wildman–Crippen LogP) is 4.58. The summed E-state index contributed by atoms with van der Waals surface area (Å²) in [5.74, 6) is 1.73. The topological polar surface area (TPSA) is 117 Å². The van der Waals surface area contributed by atoms with Gasteiger partial charge in [-0.1, -0.05) is 52.7 Å². The summed E-state index contributed by atoms with van der Waals surface area (Å²) in [4.78, 5) is 41.7. The first-order chi connectivity index (χ1) is 19.2. The van der Waals surface area contributed by atoms with E-state index in [0.717, 1.165) is 11.1 Å². The molecule has 1 aliphatic heterocycles. The normalized spacial score (nSPS) is 18.7. The number of terminal acetylenes is 1. The van der Waals surface area contributed by atoms with Gasteiger partial charge in [0.2, 0.25) is 11.8 Å². The molecule has 1 saturated heterocycles. The Labute approximate surface area is 253 Å². The van der Waals surface area contributed by atoms with E-state index in [9.17, 15) is 19.5 Å². The van der Waals surface area contributed by atoms with Gasteiger partial charge in [-0.15, -0.1) is 6.42 Å². The number of nitrogens with zero attached hydrogens (tertiary/aromatic N) is 1. The Morgan fingerprint density at radius 3 is 2.21 bits per heavy atom. The van der Waals surface area contributed by atoms with Crippen LogP contribution < -0.4 is 10.6 Å². The second kappa shape index (κ2) is 13.6. The highest BCUT2D eigenvalue weighted by molar-refractivity contribution is 6.74. The van der Waals surface area contributed by atoms with Crippen LogP contribution in [0.15, 0.2) is 24.3 Å². The summed E-state index contributed by atoms with van der Waals surface area (Å²) in [5.41, 5.74) is 0.0643. The van der Waals surface area contributed by atoms with Gasteiger partial charge in [-0.2, -0.15) is 0 Å². The largest absolute Gasteiger partial charge is 0.444 e. The summed E-state index contributed by atoms with van der Waals surface area (Å²) in [7, 11) is -2.04. The van der Waals surface area contributed by atoms with Gasteiger partial charge in [0.15, 0.2) is 8.32 Å². The van der Waals surface area contributed by atoms with Crippen molar-refractivity contribution >= 4 is 26.2 Å². The van der Waals surface area contributed by atoms with Crippen LogP contribution in [-0.2, 0) is 25.3 Å². The summed E-state index contributed by atoms with van der Waals surface area (Å²) in [5, 5.41) is 16.2. The molecule has 1 fully saturated rings. The second-order valence-corrected chi connectivity index (χ2v) is 19.2. The molecule has 0 aliphatic carbocycles. The van der Waals surface area contributed by atoms with Crippen molar-refractivity contribution in [3.63, 3.8) is 0 Å². The number of rotatable bonds is 10. The number of benzene rings is 1. The van der Waals surface area contributed by atoms with Crippen LogP contribution in [0.5, 0.6) is 0 Å². The fraction of sp³-hybridized carbons (Fsp3) is 0.656. The Morgan fingerprint density at radius 1 is 1.10 bits per heavy atom. The number of carbonyl (C=O) groups excluding carboxylic acids is 3. The highest BCUT2D eigenvalue weighted by atomic mass is 28.4. The average Bonchev–Trinajstić information content (AvgIpc) is 3.25. The predicted molar refractivity (Wildman–Crippen MR) is 167 cm³/mol. The van der Waals surface area contributed by atoms with E-state index in [4.69, 9.17) is 15.6 Å². The van der Waals surface area contributed by atoms with Crippen molar-refractivity contribution in [3.05, 3.63) is 35.4 Å². The Hall–Kier alpha value is -2.87. The third kappa shape index (κ3) is 9.85. The van der Waals surface area contributed by atoms with Gasteiger partial charge in [0.05, 0.1) is 6.10 Å². The quantitative estimate of drug-likeness (QED) is 0.267. The maximum atomic E-state index is 14.1. The molecule has 0 saturated carbocycles. The highest BCUT2D eigenvalue weighted by Crippen LogP contribution is 2.38. The zero-order valence-corrected chi connectivity index (χ0v) is 28.1. The molecule has 2 rings (SSSR count). The van der Waals surface area contributed by atoms with E-state index in [0.29, 0.717) is 13.0 Å². The first-order valence-corrected chi connectivity index (χ1v) is 17.5. The molecule has 10 heteroatoms. The molecule has 0 spiro atoms. The number of likely N-dealkylation sites (tertiary alicyclic amines) is 1. The van der Waals surface area contributed by atoms with E-state index in [-0.39, 0.29) is 30.5 Å². The maximum absolute atomic E-state index is 14.1. The van der Waals surface area contributed by atoms with E-state index in [1.807, 2.05) is 26.0 Å². The molecule has 234 valence electrons. The number of alkyl carbamates (subject to hydrolysis) is 1. The van der Waals surface area contributed by atoms with Gasteiger partial charge >= 0.3 is 6.09 Å². The molecule has 1 aliphatic rings. The first kappa shape index (κ1) is 35.3. The van der Waals surface area contributed by atoms with E-state index >= 15 is 0 Å². The van der Waals surface area contributed by atoms with E-state index in [1.165, 1.54) is 4.90 Å². The molecular formula is C32H51N3O6Si. The minimum atomic E-state index is -2.04. The molecule has 3 amide bonds. The number of nitrogens with one attached hydrogen (secondary N) is 2. The standard InChI is InChI=1S/C32H51N3O6Si/c1-12-22-13-15-23(16-14-22)20-33-27(37)25-19-24(36)21-35(25)28(38)26(34-29(39)41-30(2,3)4)32(8,9)17-18-40-42(10,11)31(5,6)7/h1,13-16,24-26,36H,17-21H2,2-11H3,(H,33,37)(H,34,39)/t24-,25+,26-/m1/s1. The Kier molecular flexibility index (Phi) is 11.5. The van der Waals surface area contributed by atoms with Crippen LogP contribution in [0.4, 0.5) is 4.79 Å². The van der Waals surface area contributed by atoms with Crippen LogP contribution >= 0.6 is 0 Å². The zero-order valence-electron chi connectivity index (χ0n) is 27.1. The van der Waals surface area contributed by atoms with E-state index in [2.05, 4.69) is 50.4 Å². The number of β-amino-alcohol motifs (C(OH)–C–C–N with tert-alkyl or cyclic N) is 1. The minimum absolute atomic E-state index is 0.0170. The van der Waals surface area contributed by atoms with Crippen molar-refractivity contribution in [2.45, 2.75) is 117 Å². The van der Waals surface area contributed by atoms with E-state index in [1.54, 1.807) is 32.9 Å². The minimum Gasteiger partial charge on any atom is -0.444 e. The summed E-state index contributed by atoms with van der Waals surface area (Å²) in [6.07, 6.45) is 4.40. The molecule has 1 aromatic rings. The first-order valence-electron chi connectivity index (χ1n) is 14.6. The lowest BCUT2D eigenvalue weighted by Gasteiger charge is -2.40. The van der Waals surface area contributed by atoms with Crippen LogP contribution in [0.25, 0.3) is 0 Å². The van der Waals surface area contributed by atoms with Crippen LogP contribution in [0.3, 0.4) is 0 Å². The summed E-state index contributed by atoms with van der Waals surface area (Å²) in [6, 6.07) is 5.33. The molecular weight excluding hydrogens is 550 g/mol. The number of hydrogen-bond donors (Lipinski definition) is 3. The molecule has 3 N–H and O–H groups in total. The lowest BCUT2D eigenvalue weighted by atomic mass is 9.80. The van der Waals surface area contributed by atoms with Crippen LogP contribution in [0.2, 0.25) is 18.1 Å². The van der Waals surface area contributed by atoms with Gasteiger partial charge in [0.1, 0.15) is 17.7 Å². The molecule has 0 radical (unpaired) electrons. The Bertz CT molecular complexity index is 1140. The zero-order chi connectivity index (χ0) is 32.1. The summed E-state index contributed by atoms with van der Waals surface area (Å²) in [6.45, 7) is 20.5.